The molecule has 0 amide bonds. The summed E-state index contributed by atoms with van der Waals surface area (Å²) in [7, 11) is 0. The first-order valence-electron chi connectivity index (χ1n) is 10.1. The molecular formula is C22H31N3O2S. The van der Waals surface area contributed by atoms with E-state index in [0.717, 1.165) is 42.5 Å². The highest BCUT2D eigenvalue weighted by atomic mass is 32.1. The zero-order valence-electron chi connectivity index (χ0n) is 17.3. The molecule has 5 nitrogen and oxygen atoms in total. The van der Waals surface area contributed by atoms with Crippen molar-refractivity contribution >= 4 is 28.2 Å². The van der Waals surface area contributed by atoms with Crippen LogP contribution in [0, 0.1) is 19.8 Å². The van der Waals surface area contributed by atoms with Crippen LogP contribution in [-0.4, -0.2) is 40.8 Å². The molecule has 2 N–H and O–H groups in total. The molecule has 0 radical (unpaired) electrons. The average molecular weight is 402 g/mol. The molecule has 1 atom stereocenters. The Kier molecular flexibility index (Phi) is 6.73. The number of H-pyrrole nitrogens is 1. The van der Waals surface area contributed by atoms with Gasteiger partial charge in [-0.2, -0.15) is 0 Å². The predicted molar refractivity (Wildman–Crippen MR) is 119 cm³/mol. The monoisotopic (exact) mass is 401 g/mol. The fourth-order valence-electron chi connectivity index (χ4n) is 3.50. The van der Waals surface area contributed by atoms with Crippen molar-refractivity contribution in [3.05, 3.63) is 45.2 Å². The smallest absolute Gasteiger partial charge is 0.253 e. The van der Waals surface area contributed by atoms with Crippen LogP contribution in [0.15, 0.2) is 23.0 Å². The Bertz CT molecular complexity index is 901. The van der Waals surface area contributed by atoms with Crippen molar-refractivity contribution in [3.8, 4) is 0 Å². The van der Waals surface area contributed by atoms with Crippen LogP contribution < -0.4 is 10.9 Å². The highest BCUT2D eigenvalue weighted by Crippen LogP contribution is 2.19. The first-order valence-corrected chi connectivity index (χ1v) is 10.5. The number of benzene rings is 1. The van der Waals surface area contributed by atoms with Crippen molar-refractivity contribution in [1.29, 1.82) is 0 Å². The van der Waals surface area contributed by atoms with Gasteiger partial charge in [0, 0.05) is 30.8 Å². The summed E-state index contributed by atoms with van der Waals surface area (Å²) in [6.45, 7) is 11.2. The van der Waals surface area contributed by atoms with E-state index in [1.807, 2.05) is 12.1 Å². The van der Waals surface area contributed by atoms with Gasteiger partial charge in [-0.3, -0.25) is 4.79 Å². The molecule has 1 unspecified atom stereocenters. The third kappa shape index (κ3) is 5.11. The van der Waals surface area contributed by atoms with Crippen LogP contribution in [0.1, 0.15) is 43.4 Å². The lowest BCUT2D eigenvalue weighted by Crippen LogP contribution is -2.44. The third-order valence-corrected chi connectivity index (χ3v) is 5.70. The van der Waals surface area contributed by atoms with E-state index in [1.165, 1.54) is 11.1 Å². The maximum Gasteiger partial charge on any atom is 0.253 e. The highest BCUT2D eigenvalue weighted by molar-refractivity contribution is 7.80. The Morgan fingerprint density at radius 2 is 2.07 bits per heavy atom. The predicted octanol–water partition coefficient (Wildman–Crippen LogP) is 3.66. The molecule has 2 aromatic rings. The second-order valence-corrected chi connectivity index (χ2v) is 8.63. The minimum absolute atomic E-state index is 0.0558. The van der Waals surface area contributed by atoms with E-state index in [2.05, 4.69) is 49.0 Å². The Hall–Kier alpha value is -1.92. The van der Waals surface area contributed by atoms with E-state index >= 15 is 0 Å². The number of fused-ring (bicyclic) bond motifs is 1. The highest BCUT2D eigenvalue weighted by Gasteiger charge is 2.22. The van der Waals surface area contributed by atoms with Gasteiger partial charge in [0.25, 0.3) is 5.56 Å². The summed E-state index contributed by atoms with van der Waals surface area (Å²) >= 11 is 5.65. The van der Waals surface area contributed by atoms with Crippen LogP contribution in [0.4, 0.5) is 0 Å². The van der Waals surface area contributed by atoms with E-state index in [4.69, 9.17) is 17.0 Å². The lowest BCUT2D eigenvalue weighted by molar-refractivity contribution is 0.0896. The number of hydrogen-bond donors (Lipinski definition) is 2. The minimum atomic E-state index is -0.0558. The van der Waals surface area contributed by atoms with Crippen LogP contribution >= 0.6 is 12.2 Å². The van der Waals surface area contributed by atoms with Gasteiger partial charge in [0.1, 0.15) is 0 Å². The number of aromatic amines is 1. The molecule has 3 rings (SSSR count). The molecule has 1 aliphatic rings. The van der Waals surface area contributed by atoms with E-state index < -0.39 is 0 Å². The molecule has 0 bridgehead atoms. The first-order chi connectivity index (χ1) is 13.3. The van der Waals surface area contributed by atoms with E-state index in [9.17, 15) is 4.79 Å². The molecule has 1 aromatic heterocycles. The summed E-state index contributed by atoms with van der Waals surface area (Å²) in [6, 6.07) is 6.16. The molecule has 0 aliphatic carbocycles. The SMILES string of the molecule is Cc1cc2cc(CN(CC3CCCO3)C(=S)NCC(C)C)c(=O)[nH]c2cc1C. The van der Waals surface area contributed by atoms with Crippen molar-refractivity contribution in [2.45, 2.75) is 53.2 Å². The number of aryl methyl sites for hydroxylation is 2. The lowest BCUT2D eigenvalue weighted by Gasteiger charge is -2.28. The topological polar surface area (TPSA) is 57.4 Å². The quantitative estimate of drug-likeness (QED) is 0.724. The van der Waals surface area contributed by atoms with Gasteiger partial charge in [0.05, 0.1) is 12.6 Å². The lowest BCUT2D eigenvalue weighted by atomic mass is 10.0. The number of nitrogens with one attached hydrogen (secondary N) is 2. The van der Waals surface area contributed by atoms with Crippen molar-refractivity contribution in [3.63, 3.8) is 0 Å². The molecule has 28 heavy (non-hydrogen) atoms. The molecule has 2 heterocycles. The van der Waals surface area contributed by atoms with Gasteiger partial charge in [-0.25, -0.2) is 0 Å². The maximum absolute atomic E-state index is 12.7. The maximum atomic E-state index is 12.7. The zero-order valence-corrected chi connectivity index (χ0v) is 18.1. The summed E-state index contributed by atoms with van der Waals surface area (Å²) in [5, 5.41) is 5.07. The van der Waals surface area contributed by atoms with Gasteiger partial charge in [-0.1, -0.05) is 13.8 Å². The van der Waals surface area contributed by atoms with Gasteiger partial charge < -0.3 is 19.9 Å². The number of aromatic nitrogens is 1. The summed E-state index contributed by atoms with van der Waals surface area (Å²) in [4.78, 5) is 17.8. The molecule has 1 fully saturated rings. The van der Waals surface area contributed by atoms with E-state index in [0.29, 0.717) is 24.1 Å². The fraction of sp³-hybridized carbons (Fsp3) is 0.545. The van der Waals surface area contributed by atoms with Gasteiger partial charge in [0.15, 0.2) is 5.11 Å². The van der Waals surface area contributed by atoms with Crippen molar-refractivity contribution in [1.82, 2.24) is 15.2 Å². The molecule has 6 heteroatoms. The van der Waals surface area contributed by atoms with Crippen LogP contribution in [0.5, 0.6) is 0 Å². The van der Waals surface area contributed by atoms with Crippen LogP contribution in [-0.2, 0) is 11.3 Å². The second kappa shape index (κ2) is 9.05. The van der Waals surface area contributed by atoms with E-state index in [-0.39, 0.29) is 11.7 Å². The van der Waals surface area contributed by atoms with Crippen LogP contribution in [0.2, 0.25) is 0 Å². The summed E-state index contributed by atoms with van der Waals surface area (Å²) in [6.07, 6.45) is 2.29. The molecule has 1 aromatic carbocycles. The first kappa shape index (κ1) is 20.8. The zero-order chi connectivity index (χ0) is 20.3. The summed E-state index contributed by atoms with van der Waals surface area (Å²) < 4.78 is 5.81. The molecule has 0 spiro atoms. The van der Waals surface area contributed by atoms with Gasteiger partial charge in [0.2, 0.25) is 0 Å². The normalized spacial score (nSPS) is 16.7. The number of rotatable bonds is 6. The standard InChI is InChI=1S/C22H31N3O2S/c1-14(2)11-23-22(28)25(13-19-6-5-7-27-19)12-18-10-17-8-15(3)16(4)9-20(17)24-21(18)26/h8-10,14,19H,5-7,11-13H2,1-4H3,(H,23,28)(H,24,26). The van der Waals surface area contributed by atoms with Gasteiger partial charge >= 0.3 is 0 Å². The van der Waals surface area contributed by atoms with Crippen molar-refractivity contribution in [2.24, 2.45) is 5.92 Å². The Morgan fingerprint density at radius 1 is 1.32 bits per heavy atom. The Balaban J connectivity index is 1.85. The third-order valence-electron chi connectivity index (χ3n) is 5.29. The van der Waals surface area contributed by atoms with Crippen molar-refractivity contribution < 1.29 is 4.74 Å². The van der Waals surface area contributed by atoms with Gasteiger partial charge in [-0.15, -0.1) is 0 Å². The molecule has 0 saturated carbocycles. The average Bonchev–Trinajstić information content (AvgIpc) is 3.14. The van der Waals surface area contributed by atoms with Gasteiger partial charge in [-0.05, 0) is 79.5 Å². The summed E-state index contributed by atoms with van der Waals surface area (Å²) in [5.74, 6) is 0.498. The number of nitrogens with zero attached hydrogens (tertiary/aromatic N) is 1. The summed E-state index contributed by atoms with van der Waals surface area (Å²) in [5.41, 5.74) is 3.94. The minimum Gasteiger partial charge on any atom is -0.376 e. The second-order valence-electron chi connectivity index (χ2n) is 8.24. The van der Waals surface area contributed by atoms with Crippen molar-refractivity contribution in [2.75, 3.05) is 19.7 Å². The Morgan fingerprint density at radius 3 is 2.75 bits per heavy atom. The fourth-order valence-corrected chi connectivity index (χ4v) is 3.72. The van der Waals surface area contributed by atoms with Crippen LogP contribution in [0.25, 0.3) is 10.9 Å². The number of hydrogen-bond acceptors (Lipinski definition) is 3. The van der Waals surface area contributed by atoms with Crippen LogP contribution in [0.3, 0.4) is 0 Å². The Labute approximate surface area is 172 Å². The molecule has 1 saturated heterocycles. The largest absolute Gasteiger partial charge is 0.376 e. The number of thiocarbonyl (C=S) groups is 1. The van der Waals surface area contributed by atoms with E-state index in [1.54, 1.807) is 0 Å². The molecular weight excluding hydrogens is 370 g/mol. The number of ether oxygens (including phenoxy) is 1. The molecule has 1 aliphatic heterocycles. The molecule has 152 valence electrons. The number of pyridine rings is 1.